The lowest BCUT2D eigenvalue weighted by molar-refractivity contribution is -0.220. The number of hydrogen-bond acceptors (Lipinski definition) is 12. The zero-order valence-corrected chi connectivity index (χ0v) is 36.9. The first kappa shape index (κ1) is 54.8. The monoisotopic (exact) mass is 859 g/mol. The second kappa shape index (κ2) is 35.4. The van der Waals surface area contributed by atoms with Crippen molar-refractivity contribution >= 4 is 19.8 Å². The first-order valence-corrected chi connectivity index (χ1v) is 23.9. The van der Waals surface area contributed by atoms with Crippen molar-refractivity contribution in [3.63, 3.8) is 0 Å². The molecule has 0 amide bonds. The molecule has 1 rings (SSSR count). The Morgan fingerprint density at radius 3 is 1.47 bits per heavy atom. The fraction of sp³-hybridized carbons (Fsp3) is 0.778. The third-order valence-corrected chi connectivity index (χ3v) is 11.1. The average molecular weight is 859 g/mol. The molecule has 0 saturated heterocycles. The highest BCUT2D eigenvalue weighted by Gasteiger charge is 2.51. The standard InChI is InChI=1S/C45H79O13P/c1-3-5-7-9-11-13-15-17-19-21-23-25-27-29-31-33-38(46)55-35-37(36-56-59(53,54)58-45-43(51)41(49)40(48)42(50)44(45)52)57-39(47)34-32-30-28-26-24-22-20-18-16-14-12-10-8-6-4-2/h11,13,17-20,23,25,37,40-45,48-52H,3-10,12,14-16,21-22,24,26-36H2,1-2H3,(H,53,54)/b13-11+,19-17+,20-18+,25-23+/t37-,40?,41-,42?,43?,44?,45?/m1/s1. The van der Waals surface area contributed by atoms with Crippen LogP contribution in [0.1, 0.15) is 168 Å². The molecule has 6 N–H and O–H groups in total. The summed E-state index contributed by atoms with van der Waals surface area (Å²) >= 11 is 0. The Morgan fingerprint density at radius 2 is 0.915 bits per heavy atom. The second-order valence-corrected chi connectivity index (χ2v) is 16.9. The highest BCUT2D eigenvalue weighted by Crippen LogP contribution is 2.47. The Kier molecular flexibility index (Phi) is 32.9. The Bertz CT molecular complexity index is 1220. The van der Waals surface area contributed by atoms with E-state index in [2.05, 4.69) is 62.5 Å². The molecule has 1 aliphatic carbocycles. The van der Waals surface area contributed by atoms with Crippen LogP contribution in [0.4, 0.5) is 0 Å². The summed E-state index contributed by atoms with van der Waals surface area (Å²) in [5, 5.41) is 50.1. The van der Waals surface area contributed by atoms with Crippen molar-refractivity contribution in [2.75, 3.05) is 13.2 Å². The normalized spacial score (nSPS) is 22.8. The molecule has 1 aliphatic rings. The molecular formula is C45H79O13P. The highest BCUT2D eigenvalue weighted by atomic mass is 31.2. The number of rotatable bonds is 36. The molecule has 59 heavy (non-hydrogen) atoms. The molecule has 0 aromatic rings. The van der Waals surface area contributed by atoms with Crippen LogP contribution >= 0.6 is 7.82 Å². The molecule has 0 spiro atoms. The van der Waals surface area contributed by atoms with Crippen LogP contribution in [-0.4, -0.2) is 98.3 Å². The van der Waals surface area contributed by atoms with Crippen LogP contribution in [0.3, 0.4) is 0 Å². The number of unbranched alkanes of at least 4 members (excludes halogenated alkanes) is 16. The van der Waals surface area contributed by atoms with Gasteiger partial charge in [-0.05, 0) is 77.0 Å². The molecular weight excluding hydrogens is 779 g/mol. The van der Waals surface area contributed by atoms with Gasteiger partial charge in [0.15, 0.2) is 6.10 Å². The molecule has 342 valence electrons. The van der Waals surface area contributed by atoms with E-state index in [9.17, 15) is 44.6 Å². The minimum atomic E-state index is -5.13. The summed E-state index contributed by atoms with van der Waals surface area (Å²) in [5.74, 6) is -1.16. The zero-order chi connectivity index (χ0) is 43.6. The summed E-state index contributed by atoms with van der Waals surface area (Å²) in [4.78, 5) is 35.6. The Balaban J connectivity index is 2.52. The van der Waals surface area contributed by atoms with Crippen molar-refractivity contribution in [3.05, 3.63) is 48.6 Å². The van der Waals surface area contributed by atoms with Gasteiger partial charge < -0.3 is 39.9 Å². The maximum Gasteiger partial charge on any atom is 0.472 e. The highest BCUT2D eigenvalue weighted by molar-refractivity contribution is 7.47. The van der Waals surface area contributed by atoms with Crippen molar-refractivity contribution in [1.29, 1.82) is 0 Å². The van der Waals surface area contributed by atoms with E-state index in [-0.39, 0.29) is 12.8 Å². The summed E-state index contributed by atoms with van der Waals surface area (Å²) < 4.78 is 33.4. The number of hydrogen-bond donors (Lipinski definition) is 6. The van der Waals surface area contributed by atoms with Crippen molar-refractivity contribution in [2.45, 2.75) is 211 Å². The van der Waals surface area contributed by atoms with Gasteiger partial charge in [-0.1, -0.05) is 127 Å². The third kappa shape index (κ3) is 28.1. The predicted octanol–water partition coefficient (Wildman–Crippen LogP) is 8.39. The fourth-order valence-corrected chi connectivity index (χ4v) is 7.44. The number of aliphatic hydroxyl groups excluding tert-OH is 5. The van der Waals surface area contributed by atoms with Crippen LogP contribution in [-0.2, 0) is 32.7 Å². The van der Waals surface area contributed by atoms with Crippen LogP contribution in [0.5, 0.6) is 0 Å². The summed E-state index contributed by atoms with van der Waals surface area (Å²) in [7, 11) is -5.13. The van der Waals surface area contributed by atoms with Gasteiger partial charge in [-0.3, -0.25) is 18.6 Å². The van der Waals surface area contributed by atoms with Gasteiger partial charge in [-0.25, -0.2) is 4.57 Å². The minimum Gasteiger partial charge on any atom is -0.462 e. The summed E-state index contributed by atoms with van der Waals surface area (Å²) in [6.45, 7) is 3.21. The van der Waals surface area contributed by atoms with E-state index in [0.717, 1.165) is 70.6 Å². The lowest BCUT2D eigenvalue weighted by Gasteiger charge is -2.41. The molecule has 0 aliphatic heterocycles. The van der Waals surface area contributed by atoms with Crippen LogP contribution < -0.4 is 0 Å². The van der Waals surface area contributed by atoms with E-state index in [1.54, 1.807) is 0 Å². The van der Waals surface area contributed by atoms with Crippen LogP contribution in [0.25, 0.3) is 0 Å². The van der Waals surface area contributed by atoms with Gasteiger partial charge in [0.05, 0.1) is 6.61 Å². The SMILES string of the molecule is CCCCC/C=C/C/C=C/C/C=C/CCCCC(=O)OC[C@H](COP(=O)(O)OC1C(O)C(O)C(O)[C@@H](O)C1O)OC(=O)CCCCCCC/C=C/CCCCCCCC. The fourth-order valence-electron chi connectivity index (χ4n) is 6.46. The average Bonchev–Trinajstić information content (AvgIpc) is 3.21. The molecule has 14 heteroatoms. The number of aliphatic hydroxyl groups is 5. The van der Waals surface area contributed by atoms with Gasteiger partial charge in [-0.15, -0.1) is 0 Å². The summed E-state index contributed by atoms with van der Waals surface area (Å²) in [5.41, 5.74) is 0. The van der Waals surface area contributed by atoms with Gasteiger partial charge >= 0.3 is 19.8 Å². The molecule has 0 radical (unpaired) electrons. The van der Waals surface area contributed by atoms with Gasteiger partial charge in [-0.2, -0.15) is 0 Å². The molecule has 0 heterocycles. The van der Waals surface area contributed by atoms with Crippen molar-refractivity contribution < 1.29 is 63.1 Å². The minimum absolute atomic E-state index is 0.0773. The van der Waals surface area contributed by atoms with Gasteiger partial charge in [0.1, 0.15) is 43.2 Å². The van der Waals surface area contributed by atoms with E-state index >= 15 is 0 Å². The number of esters is 2. The third-order valence-electron chi connectivity index (χ3n) is 10.1. The van der Waals surface area contributed by atoms with E-state index in [1.165, 1.54) is 57.8 Å². The maximum atomic E-state index is 12.8. The smallest absolute Gasteiger partial charge is 0.462 e. The quantitative estimate of drug-likeness (QED) is 0.0152. The lowest BCUT2D eigenvalue weighted by atomic mass is 9.85. The molecule has 0 bridgehead atoms. The molecule has 13 nitrogen and oxygen atoms in total. The summed E-state index contributed by atoms with van der Waals surface area (Å²) in [6, 6.07) is 0. The first-order chi connectivity index (χ1) is 28.4. The number of phosphoric ester groups is 1. The molecule has 0 aromatic heterocycles. The molecule has 6 unspecified atom stereocenters. The predicted molar refractivity (Wildman–Crippen MR) is 230 cm³/mol. The van der Waals surface area contributed by atoms with E-state index in [4.69, 9.17) is 18.5 Å². The van der Waals surface area contributed by atoms with Crippen molar-refractivity contribution in [1.82, 2.24) is 0 Å². The van der Waals surface area contributed by atoms with Crippen LogP contribution in [0.2, 0.25) is 0 Å². The Labute approximate surface area is 354 Å². The topological polar surface area (TPSA) is 210 Å². The number of phosphoric acid groups is 1. The molecule has 1 saturated carbocycles. The number of carbonyl (C=O) groups excluding carboxylic acids is 2. The van der Waals surface area contributed by atoms with E-state index in [0.29, 0.717) is 12.8 Å². The number of ether oxygens (including phenoxy) is 2. The molecule has 1 fully saturated rings. The first-order valence-electron chi connectivity index (χ1n) is 22.4. The Hall–Kier alpha value is -2.19. The number of carbonyl (C=O) groups is 2. The van der Waals surface area contributed by atoms with E-state index < -0.39 is 75.7 Å². The maximum absolute atomic E-state index is 12.8. The Morgan fingerprint density at radius 1 is 0.525 bits per heavy atom. The molecule has 0 aromatic carbocycles. The molecule has 8 atom stereocenters. The van der Waals surface area contributed by atoms with Gasteiger partial charge in [0.2, 0.25) is 0 Å². The van der Waals surface area contributed by atoms with E-state index in [1.807, 2.05) is 0 Å². The number of allylic oxidation sites excluding steroid dienone is 8. The van der Waals surface area contributed by atoms with Crippen LogP contribution in [0.15, 0.2) is 48.6 Å². The second-order valence-electron chi connectivity index (χ2n) is 15.5. The largest absolute Gasteiger partial charge is 0.472 e. The lowest BCUT2D eigenvalue weighted by Crippen LogP contribution is -2.64. The van der Waals surface area contributed by atoms with Crippen LogP contribution in [0, 0.1) is 0 Å². The van der Waals surface area contributed by atoms with Gasteiger partial charge in [0.25, 0.3) is 0 Å². The van der Waals surface area contributed by atoms with Gasteiger partial charge in [0, 0.05) is 12.8 Å². The van der Waals surface area contributed by atoms with Crippen molar-refractivity contribution in [2.24, 2.45) is 0 Å². The zero-order valence-electron chi connectivity index (χ0n) is 36.0. The van der Waals surface area contributed by atoms with Crippen molar-refractivity contribution in [3.8, 4) is 0 Å². The summed E-state index contributed by atoms with van der Waals surface area (Å²) in [6.07, 6.45) is 27.4.